The number of aromatic nitrogens is 2. The molecule has 0 radical (unpaired) electrons. The number of para-hydroxylation sites is 1. The molecular formula is C25H29FN6O2. The van der Waals surface area contributed by atoms with E-state index in [4.69, 9.17) is 0 Å². The fourth-order valence-electron chi connectivity index (χ4n) is 3.99. The van der Waals surface area contributed by atoms with Crippen LogP contribution in [0.3, 0.4) is 0 Å². The Bertz CT molecular complexity index is 1110. The van der Waals surface area contributed by atoms with Gasteiger partial charge in [-0.05, 0) is 37.4 Å². The van der Waals surface area contributed by atoms with E-state index in [9.17, 15) is 14.0 Å². The van der Waals surface area contributed by atoms with Crippen LogP contribution < -0.4 is 5.32 Å². The molecule has 1 aromatic heterocycles. The smallest absolute Gasteiger partial charge is 0.238 e. The average molecular weight is 465 g/mol. The lowest BCUT2D eigenvalue weighted by atomic mass is 10.2. The fourth-order valence-corrected chi connectivity index (χ4v) is 3.99. The van der Waals surface area contributed by atoms with E-state index in [2.05, 4.69) is 10.4 Å². The molecule has 0 saturated carbocycles. The minimum Gasteiger partial charge on any atom is -0.339 e. The molecule has 0 unspecified atom stereocenters. The Balaban J connectivity index is 1.19. The van der Waals surface area contributed by atoms with Crippen molar-refractivity contribution in [3.05, 3.63) is 78.4 Å². The summed E-state index contributed by atoms with van der Waals surface area (Å²) < 4.78 is 15.1. The second kappa shape index (κ2) is 11.0. The number of hydrogen-bond donors (Lipinski definition) is 1. The van der Waals surface area contributed by atoms with Gasteiger partial charge in [-0.3, -0.25) is 19.4 Å². The highest BCUT2D eigenvalue weighted by Crippen LogP contribution is 2.11. The number of carbonyl (C=O) groups is 2. The van der Waals surface area contributed by atoms with Gasteiger partial charge in [0.15, 0.2) is 0 Å². The van der Waals surface area contributed by atoms with Crippen molar-refractivity contribution in [3.8, 4) is 5.69 Å². The topological polar surface area (TPSA) is 73.7 Å². The Kier molecular flexibility index (Phi) is 7.66. The van der Waals surface area contributed by atoms with E-state index in [1.54, 1.807) is 12.1 Å². The molecule has 0 aliphatic carbocycles. The minimum absolute atomic E-state index is 0.0711. The van der Waals surface area contributed by atoms with Gasteiger partial charge in [0.1, 0.15) is 5.82 Å². The molecule has 1 aliphatic rings. The first kappa shape index (κ1) is 23.6. The Morgan fingerprint density at radius 1 is 1.06 bits per heavy atom. The summed E-state index contributed by atoms with van der Waals surface area (Å²) in [6.45, 7) is 3.54. The van der Waals surface area contributed by atoms with Crippen LogP contribution >= 0.6 is 0 Å². The van der Waals surface area contributed by atoms with Crippen LogP contribution in [0.15, 0.2) is 67.0 Å². The summed E-state index contributed by atoms with van der Waals surface area (Å²) in [5.41, 5.74) is 2.47. The van der Waals surface area contributed by atoms with Gasteiger partial charge in [-0.2, -0.15) is 5.10 Å². The number of piperazine rings is 1. The van der Waals surface area contributed by atoms with E-state index in [1.165, 1.54) is 12.1 Å². The van der Waals surface area contributed by atoms with Gasteiger partial charge in [0.25, 0.3) is 0 Å². The van der Waals surface area contributed by atoms with Gasteiger partial charge in [-0.15, -0.1) is 0 Å². The molecule has 2 amide bonds. The van der Waals surface area contributed by atoms with E-state index in [1.807, 2.05) is 69.2 Å². The molecule has 3 aromatic rings. The Morgan fingerprint density at radius 2 is 1.82 bits per heavy atom. The first-order valence-corrected chi connectivity index (χ1v) is 11.3. The maximum atomic E-state index is 13.3. The van der Waals surface area contributed by atoms with Crippen LogP contribution in [0.2, 0.25) is 0 Å². The van der Waals surface area contributed by atoms with Gasteiger partial charge < -0.3 is 10.2 Å². The average Bonchev–Trinajstić information content (AvgIpc) is 3.28. The summed E-state index contributed by atoms with van der Waals surface area (Å²) in [6, 6.07) is 15.7. The van der Waals surface area contributed by atoms with Crippen LogP contribution in [0, 0.1) is 5.82 Å². The van der Waals surface area contributed by atoms with E-state index in [0.717, 1.165) is 11.3 Å². The van der Waals surface area contributed by atoms with Crippen molar-refractivity contribution in [2.75, 3.05) is 51.6 Å². The number of halogens is 1. The lowest BCUT2D eigenvalue weighted by Gasteiger charge is -2.35. The zero-order valence-electron chi connectivity index (χ0n) is 19.2. The molecule has 1 fully saturated rings. The summed E-state index contributed by atoms with van der Waals surface area (Å²) in [5.74, 6) is -0.511. The quantitative estimate of drug-likeness (QED) is 0.554. The summed E-state index contributed by atoms with van der Waals surface area (Å²) >= 11 is 0. The number of carbonyl (C=O) groups excluding carboxylic acids is 2. The van der Waals surface area contributed by atoms with E-state index < -0.39 is 0 Å². The summed E-state index contributed by atoms with van der Waals surface area (Å²) in [5, 5.41) is 7.12. The molecule has 0 bridgehead atoms. The Morgan fingerprint density at radius 3 is 2.56 bits per heavy atom. The van der Waals surface area contributed by atoms with Crippen LogP contribution in [0.4, 0.5) is 10.1 Å². The number of anilines is 1. The van der Waals surface area contributed by atoms with Gasteiger partial charge in [0.2, 0.25) is 11.8 Å². The zero-order chi connectivity index (χ0) is 23.9. The van der Waals surface area contributed by atoms with Crippen molar-refractivity contribution >= 4 is 17.5 Å². The first-order valence-electron chi connectivity index (χ1n) is 11.3. The molecule has 1 saturated heterocycles. The molecule has 2 aromatic carbocycles. The fraction of sp³-hybridized carbons (Fsp3) is 0.320. The van der Waals surface area contributed by atoms with E-state index in [0.29, 0.717) is 45.0 Å². The number of nitrogens with one attached hydrogen (secondary N) is 1. The predicted molar refractivity (Wildman–Crippen MR) is 128 cm³/mol. The Hall–Kier alpha value is -3.56. The third-order valence-corrected chi connectivity index (χ3v) is 5.72. The zero-order valence-corrected chi connectivity index (χ0v) is 19.2. The number of likely N-dealkylation sites (N-methyl/N-ethyl adjacent to an activating group) is 1. The van der Waals surface area contributed by atoms with Crippen molar-refractivity contribution in [2.24, 2.45) is 0 Å². The SMILES string of the molecule is CN(CC(=O)N1CCN(CC(=O)Nc2cccc(F)c2)CC1)Cc1cnn(-c2ccccc2)c1. The molecule has 1 N–H and O–H groups in total. The molecule has 8 nitrogen and oxygen atoms in total. The van der Waals surface area contributed by atoms with Crippen LogP contribution in [0.1, 0.15) is 5.56 Å². The predicted octanol–water partition coefficient (Wildman–Crippen LogP) is 2.23. The van der Waals surface area contributed by atoms with Gasteiger partial charge >= 0.3 is 0 Å². The summed E-state index contributed by atoms with van der Waals surface area (Å²) in [4.78, 5) is 30.8. The molecule has 34 heavy (non-hydrogen) atoms. The van der Waals surface area contributed by atoms with Crippen molar-refractivity contribution in [2.45, 2.75) is 6.54 Å². The van der Waals surface area contributed by atoms with Gasteiger partial charge in [-0.25, -0.2) is 9.07 Å². The second-order valence-electron chi connectivity index (χ2n) is 8.52. The van der Waals surface area contributed by atoms with Crippen LogP contribution in [0.5, 0.6) is 0 Å². The number of benzene rings is 2. The highest BCUT2D eigenvalue weighted by Gasteiger charge is 2.23. The highest BCUT2D eigenvalue weighted by molar-refractivity contribution is 5.92. The van der Waals surface area contributed by atoms with Crippen LogP contribution in [-0.4, -0.2) is 82.6 Å². The van der Waals surface area contributed by atoms with Crippen molar-refractivity contribution in [1.82, 2.24) is 24.5 Å². The Labute approximate surface area is 198 Å². The third-order valence-electron chi connectivity index (χ3n) is 5.72. The van der Waals surface area contributed by atoms with Gasteiger partial charge in [0, 0.05) is 50.2 Å². The standard InChI is InChI=1S/C25H29FN6O2/c1-29(16-20-15-27-32(17-20)23-8-3-2-4-9-23)19-25(34)31-12-10-30(11-13-31)18-24(33)28-22-7-5-6-21(26)14-22/h2-9,14-15,17H,10-13,16,18-19H2,1H3,(H,28,33). The van der Waals surface area contributed by atoms with Crippen molar-refractivity contribution in [1.29, 1.82) is 0 Å². The number of rotatable bonds is 8. The molecule has 9 heteroatoms. The summed E-state index contributed by atoms with van der Waals surface area (Å²) in [6.07, 6.45) is 3.80. The van der Waals surface area contributed by atoms with Gasteiger partial charge in [-0.1, -0.05) is 24.3 Å². The monoisotopic (exact) mass is 464 g/mol. The number of amides is 2. The summed E-state index contributed by atoms with van der Waals surface area (Å²) in [7, 11) is 1.92. The van der Waals surface area contributed by atoms with Gasteiger partial charge in [0.05, 0.1) is 25.0 Å². The van der Waals surface area contributed by atoms with Crippen LogP contribution in [-0.2, 0) is 16.1 Å². The highest BCUT2D eigenvalue weighted by atomic mass is 19.1. The maximum absolute atomic E-state index is 13.3. The molecule has 2 heterocycles. The lowest BCUT2D eigenvalue weighted by molar-refractivity contribution is -0.134. The van der Waals surface area contributed by atoms with Crippen LogP contribution in [0.25, 0.3) is 5.69 Å². The molecule has 0 atom stereocenters. The largest absolute Gasteiger partial charge is 0.339 e. The van der Waals surface area contributed by atoms with Crippen molar-refractivity contribution in [3.63, 3.8) is 0 Å². The molecule has 0 spiro atoms. The molecule has 4 rings (SSSR count). The van der Waals surface area contributed by atoms with E-state index in [-0.39, 0.29) is 24.2 Å². The molecular weight excluding hydrogens is 435 g/mol. The van der Waals surface area contributed by atoms with Crippen molar-refractivity contribution < 1.29 is 14.0 Å². The molecule has 1 aliphatic heterocycles. The lowest BCUT2D eigenvalue weighted by Crippen LogP contribution is -2.52. The minimum atomic E-state index is -0.389. The second-order valence-corrected chi connectivity index (χ2v) is 8.52. The van der Waals surface area contributed by atoms with E-state index >= 15 is 0 Å². The maximum Gasteiger partial charge on any atom is 0.238 e. The number of nitrogens with zero attached hydrogens (tertiary/aromatic N) is 5. The number of hydrogen-bond acceptors (Lipinski definition) is 5. The first-order chi connectivity index (χ1) is 16.5. The molecule has 178 valence electrons. The third kappa shape index (κ3) is 6.49. The normalized spacial score (nSPS) is 14.4.